The molecule has 0 spiro atoms. The van der Waals surface area contributed by atoms with E-state index in [0.717, 1.165) is 5.56 Å². The molecule has 1 heterocycles. The lowest BCUT2D eigenvalue weighted by Crippen LogP contribution is -2.30. The van der Waals surface area contributed by atoms with Crippen molar-refractivity contribution < 1.29 is 18.7 Å². The fourth-order valence-corrected chi connectivity index (χ4v) is 3.08. The van der Waals surface area contributed by atoms with E-state index in [1.807, 2.05) is 18.2 Å². The van der Waals surface area contributed by atoms with E-state index < -0.39 is 18.5 Å². The van der Waals surface area contributed by atoms with Gasteiger partial charge in [-0.3, -0.25) is 4.79 Å². The Morgan fingerprint density at radius 1 is 1.14 bits per heavy atom. The standard InChI is InChI=1S/C21H19ClFN3O3/c1-14-19(20(22)26(24-14)17-6-4-3-5-7-17)21(28)29-13-18(27)25(2)12-15-8-10-16(23)11-9-15/h3-11H,12-13H2,1-2H3. The largest absolute Gasteiger partial charge is 0.452 e. The zero-order valence-electron chi connectivity index (χ0n) is 15.9. The van der Waals surface area contributed by atoms with Crippen molar-refractivity contribution in [1.29, 1.82) is 0 Å². The molecule has 0 aliphatic rings. The minimum Gasteiger partial charge on any atom is -0.452 e. The number of hydrogen-bond acceptors (Lipinski definition) is 4. The van der Waals surface area contributed by atoms with Gasteiger partial charge in [0.1, 0.15) is 16.5 Å². The summed E-state index contributed by atoms with van der Waals surface area (Å²) < 4.78 is 19.6. The highest BCUT2D eigenvalue weighted by molar-refractivity contribution is 6.33. The summed E-state index contributed by atoms with van der Waals surface area (Å²) >= 11 is 6.33. The summed E-state index contributed by atoms with van der Waals surface area (Å²) in [6, 6.07) is 15.0. The molecule has 0 aliphatic carbocycles. The van der Waals surface area contributed by atoms with Crippen LogP contribution in [-0.4, -0.2) is 40.2 Å². The molecule has 3 rings (SSSR count). The van der Waals surface area contributed by atoms with Crippen LogP contribution in [0.1, 0.15) is 21.6 Å². The van der Waals surface area contributed by atoms with Crippen LogP contribution in [0.5, 0.6) is 0 Å². The van der Waals surface area contributed by atoms with Crippen molar-refractivity contribution in [3.05, 3.63) is 82.4 Å². The minimum atomic E-state index is -0.724. The van der Waals surface area contributed by atoms with Crippen molar-refractivity contribution in [2.24, 2.45) is 0 Å². The van der Waals surface area contributed by atoms with Crippen LogP contribution in [0.15, 0.2) is 54.6 Å². The summed E-state index contributed by atoms with van der Waals surface area (Å²) in [6.07, 6.45) is 0. The van der Waals surface area contributed by atoms with E-state index in [-0.39, 0.29) is 23.1 Å². The van der Waals surface area contributed by atoms with Crippen LogP contribution < -0.4 is 0 Å². The Labute approximate surface area is 172 Å². The fraction of sp³-hybridized carbons (Fsp3) is 0.190. The third-order valence-electron chi connectivity index (χ3n) is 4.29. The van der Waals surface area contributed by atoms with Gasteiger partial charge in [-0.05, 0) is 36.8 Å². The highest BCUT2D eigenvalue weighted by atomic mass is 35.5. The van der Waals surface area contributed by atoms with Gasteiger partial charge in [0.05, 0.1) is 11.4 Å². The van der Waals surface area contributed by atoms with Crippen molar-refractivity contribution in [1.82, 2.24) is 14.7 Å². The predicted molar refractivity (Wildman–Crippen MR) is 106 cm³/mol. The van der Waals surface area contributed by atoms with Crippen LogP contribution in [-0.2, 0) is 16.1 Å². The maximum Gasteiger partial charge on any atom is 0.343 e. The summed E-state index contributed by atoms with van der Waals surface area (Å²) in [7, 11) is 1.57. The summed E-state index contributed by atoms with van der Waals surface area (Å²) in [5, 5.41) is 4.40. The molecule has 6 nitrogen and oxygen atoms in total. The molecule has 0 atom stereocenters. The van der Waals surface area contributed by atoms with E-state index in [1.165, 1.54) is 21.7 Å². The Bertz CT molecular complexity index is 1020. The van der Waals surface area contributed by atoms with E-state index in [1.54, 1.807) is 38.2 Å². The fourth-order valence-electron chi connectivity index (χ4n) is 2.73. The maximum absolute atomic E-state index is 13.0. The zero-order chi connectivity index (χ0) is 21.0. The second-order valence-corrected chi connectivity index (χ2v) is 6.81. The molecule has 3 aromatic rings. The molecule has 0 bridgehead atoms. The summed E-state index contributed by atoms with van der Waals surface area (Å²) in [6.45, 7) is 1.47. The highest BCUT2D eigenvalue weighted by Gasteiger charge is 2.23. The topological polar surface area (TPSA) is 64.4 Å². The Morgan fingerprint density at radius 2 is 1.79 bits per heavy atom. The number of esters is 1. The van der Waals surface area contributed by atoms with Gasteiger partial charge in [-0.1, -0.05) is 41.9 Å². The van der Waals surface area contributed by atoms with Crippen molar-refractivity contribution in [3.63, 3.8) is 0 Å². The van der Waals surface area contributed by atoms with E-state index in [4.69, 9.17) is 16.3 Å². The van der Waals surface area contributed by atoms with Gasteiger partial charge < -0.3 is 9.64 Å². The molecule has 0 aliphatic heterocycles. The number of para-hydroxylation sites is 1. The molecule has 1 aromatic heterocycles. The lowest BCUT2D eigenvalue weighted by atomic mass is 10.2. The van der Waals surface area contributed by atoms with Crippen LogP contribution in [0, 0.1) is 12.7 Å². The molecule has 150 valence electrons. The molecular formula is C21H19ClFN3O3. The second-order valence-electron chi connectivity index (χ2n) is 6.45. The van der Waals surface area contributed by atoms with Crippen LogP contribution >= 0.6 is 11.6 Å². The number of ether oxygens (including phenoxy) is 1. The van der Waals surface area contributed by atoms with Crippen molar-refractivity contribution >= 4 is 23.5 Å². The smallest absolute Gasteiger partial charge is 0.343 e. The van der Waals surface area contributed by atoms with Gasteiger partial charge >= 0.3 is 5.97 Å². The molecular weight excluding hydrogens is 397 g/mol. The molecule has 1 amide bonds. The molecule has 0 saturated carbocycles. The van der Waals surface area contributed by atoms with Gasteiger partial charge in [-0.15, -0.1) is 0 Å². The number of halogens is 2. The third-order valence-corrected chi connectivity index (χ3v) is 4.64. The maximum atomic E-state index is 13.0. The number of benzene rings is 2. The first kappa shape index (κ1) is 20.5. The van der Waals surface area contributed by atoms with Gasteiger partial charge in [0, 0.05) is 13.6 Å². The van der Waals surface area contributed by atoms with Crippen molar-refractivity contribution in [3.8, 4) is 5.69 Å². The molecule has 8 heteroatoms. The van der Waals surface area contributed by atoms with Crippen LogP contribution in [0.4, 0.5) is 4.39 Å². The Morgan fingerprint density at radius 3 is 2.45 bits per heavy atom. The first-order valence-electron chi connectivity index (χ1n) is 8.83. The van der Waals surface area contributed by atoms with Gasteiger partial charge in [0.15, 0.2) is 6.61 Å². The van der Waals surface area contributed by atoms with Gasteiger partial charge in [-0.2, -0.15) is 5.10 Å². The monoisotopic (exact) mass is 415 g/mol. The summed E-state index contributed by atoms with van der Waals surface area (Å²) in [4.78, 5) is 26.1. The number of likely N-dealkylation sites (N-methyl/N-ethyl adjacent to an activating group) is 1. The molecule has 0 saturated heterocycles. The van der Waals surface area contributed by atoms with E-state index in [2.05, 4.69) is 5.10 Å². The number of carbonyl (C=O) groups is 2. The Hall–Kier alpha value is -3.19. The van der Waals surface area contributed by atoms with Crippen LogP contribution in [0.2, 0.25) is 5.15 Å². The molecule has 2 aromatic carbocycles. The highest BCUT2D eigenvalue weighted by Crippen LogP contribution is 2.24. The predicted octanol–water partition coefficient (Wildman–Crippen LogP) is 3.79. The first-order chi connectivity index (χ1) is 13.9. The minimum absolute atomic E-state index is 0.115. The average molecular weight is 416 g/mol. The van der Waals surface area contributed by atoms with Crippen molar-refractivity contribution in [2.75, 3.05) is 13.7 Å². The van der Waals surface area contributed by atoms with Crippen molar-refractivity contribution in [2.45, 2.75) is 13.5 Å². The number of carbonyl (C=O) groups excluding carboxylic acids is 2. The normalized spacial score (nSPS) is 10.6. The molecule has 0 fully saturated rings. The van der Waals surface area contributed by atoms with Crippen LogP contribution in [0.3, 0.4) is 0 Å². The first-order valence-corrected chi connectivity index (χ1v) is 9.20. The van der Waals surface area contributed by atoms with Gasteiger partial charge in [0.25, 0.3) is 5.91 Å². The van der Waals surface area contributed by atoms with E-state index in [9.17, 15) is 14.0 Å². The average Bonchev–Trinajstić information content (AvgIpc) is 3.02. The van der Waals surface area contributed by atoms with Gasteiger partial charge in [-0.25, -0.2) is 13.9 Å². The number of amides is 1. The lowest BCUT2D eigenvalue weighted by Gasteiger charge is -2.17. The molecule has 0 unspecified atom stereocenters. The Balaban J connectivity index is 1.64. The van der Waals surface area contributed by atoms with Gasteiger partial charge in [0.2, 0.25) is 0 Å². The summed E-state index contributed by atoms with van der Waals surface area (Å²) in [5.41, 5.74) is 1.98. The zero-order valence-corrected chi connectivity index (χ0v) is 16.7. The molecule has 0 radical (unpaired) electrons. The van der Waals surface area contributed by atoms with E-state index >= 15 is 0 Å². The number of rotatable bonds is 6. The third kappa shape index (κ3) is 4.81. The Kier molecular flexibility index (Phi) is 6.29. The number of aryl methyl sites for hydroxylation is 1. The quantitative estimate of drug-likeness (QED) is 0.574. The number of hydrogen-bond donors (Lipinski definition) is 0. The summed E-state index contributed by atoms with van der Waals surface area (Å²) in [5.74, 6) is -1.47. The number of aromatic nitrogens is 2. The second kappa shape index (κ2) is 8.87. The SMILES string of the molecule is Cc1nn(-c2ccccc2)c(Cl)c1C(=O)OCC(=O)N(C)Cc1ccc(F)cc1. The lowest BCUT2D eigenvalue weighted by molar-refractivity contribution is -0.133. The molecule has 0 N–H and O–H groups in total. The van der Waals surface area contributed by atoms with Crippen LogP contribution in [0.25, 0.3) is 5.69 Å². The molecule has 29 heavy (non-hydrogen) atoms. The number of nitrogens with zero attached hydrogens (tertiary/aromatic N) is 3. The van der Waals surface area contributed by atoms with E-state index in [0.29, 0.717) is 11.4 Å².